The maximum Gasteiger partial charge on any atom is 0.251 e. The number of benzene rings is 1. The van der Waals surface area contributed by atoms with Gasteiger partial charge in [0.05, 0.1) is 0 Å². The highest BCUT2D eigenvalue weighted by Gasteiger charge is 2.05. The summed E-state index contributed by atoms with van der Waals surface area (Å²) in [4.78, 5) is 11.8. The van der Waals surface area contributed by atoms with Crippen molar-refractivity contribution in [3.8, 4) is 0 Å². The van der Waals surface area contributed by atoms with Gasteiger partial charge < -0.3 is 15.8 Å². The SMILES string of the molecule is CCCOCCCNC(=O)c1ccc(C)c(N)c1. The van der Waals surface area contributed by atoms with Crippen molar-refractivity contribution in [3.05, 3.63) is 29.3 Å². The zero-order valence-corrected chi connectivity index (χ0v) is 11.2. The third-order valence-electron chi connectivity index (χ3n) is 2.64. The highest BCUT2D eigenvalue weighted by atomic mass is 16.5. The van der Waals surface area contributed by atoms with E-state index in [1.807, 2.05) is 13.0 Å². The van der Waals surface area contributed by atoms with Gasteiger partial charge in [0.25, 0.3) is 5.91 Å². The number of rotatable bonds is 7. The molecule has 1 aromatic carbocycles. The molecule has 0 aromatic heterocycles. The fraction of sp³-hybridized carbons (Fsp3) is 0.500. The average molecular weight is 250 g/mol. The zero-order chi connectivity index (χ0) is 13.4. The molecule has 0 atom stereocenters. The summed E-state index contributed by atoms with van der Waals surface area (Å²) in [5.41, 5.74) is 8.01. The van der Waals surface area contributed by atoms with Gasteiger partial charge in [-0.1, -0.05) is 13.0 Å². The molecule has 0 unspecified atom stereocenters. The molecule has 0 aliphatic carbocycles. The van der Waals surface area contributed by atoms with Gasteiger partial charge in [-0.25, -0.2) is 0 Å². The second kappa shape index (κ2) is 7.71. The van der Waals surface area contributed by atoms with Gasteiger partial charge in [0.15, 0.2) is 0 Å². The van der Waals surface area contributed by atoms with Crippen LogP contribution in [0, 0.1) is 6.92 Å². The number of carbonyl (C=O) groups is 1. The summed E-state index contributed by atoms with van der Waals surface area (Å²) >= 11 is 0. The summed E-state index contributed by atoms with van der Waals surface area (Å²) in [5, 5.41) is 2.85. The Kier molecular flexibility index (Phi) is 6.22. The Labute approximate surface area is 109 Å². The largest absolute Gasteiger partial charge is 0.398 e. The summed E-state index contributed by atoms with van der Waals surface area (Å²) in [6.45, 7) is 6.08. The van der Waals surface area contributed by atoms with Gasteiger partial charge in [-0.3, -0.25) is 4.79 Å². The van der Waals surface area contributed by atoms with Gasteiger partial charge >= 0.3 is 0 Å². The molecule has 0 heterocycles. The molecule has 1 rings (SSSR count). The Balaban J connectivity index is 2.30. The molecule has 18 heavy (non-hydrogen) atoms. The molecule has 100 valence electrons. The predicted octanol–water partition coefficient (Wildman–Crippen LogP) is 2.12. The molecule has 0 spiro atoms. The maximum atomic E-state index is 11.8. The smallest absolute Gasteiger partial charge is 0.251 e. The minimum atomic E-state index is -0.0859. The van der Waals surface area contributed by atoms with Crippen LogP contribution in [0.5, 0.6) is 0 Å². The van der Waals surface area contributed by atoms with Crippen molar-refractivity contribution < 1.29 is 9.53 Å². The Morgan fingerprint density at radius 3 is 2.83 bits per heavy atom. The van der Waals surface area contributed by atoms with E-state index in [0.29, 0.717) is 24.4 Å². The average Bonchev–Trinajstić information content (AvgIpc) is 2.36. The topological polar surface area (TPSA) is 64.3 Å². The van der Waals surface area contributed by atoms with Gasteiger partial charge in [0.2, 0.25) is 0 Å². The van der Waals surface area contributed by atoms with Crippen molar-refractivity contribution in [2.75, 3.05) is 25.5 Å². The standard InChI is InChI=1S/C14H22N2O2/c1-3-8-18-9-4-7-16-14(17)12-6-5-11(2)13(15)10-12/h5-6,10H,3-4,7-9,15H2,1-2H3,(H,16,17). The van der Waals surface area contributed by atoms with Crippen molar-refractivity contribution in [2.24, 2.45) is 0 Å². The quantitative estimate of drug-likeness (QED) is 0.575. The number of nitrogen functional groups attached to an aromatic ring is 1. The van der Waals surface area contributed by atoms with E-state index in [1.54, 1.807) is 12.1 Å². The Bertz CT molecular complexity index is 391. The number of hydrogen-bond donors (Lipinski definition) is 2. The molecule has 4 heteroatoms. The Morgan fingerprint density at radius 1 is 1.39 bits per heavy atom. The molecule has 0 aliphatic rings. The van der Waals surface area contributed by atoms with Crippen LogP contribution < -0.4 is 11.1 Å². The van der Waals surface area contributed by atoms with Crippen molar-refractivity contribution in [3.63, 3.8) is 0 Å². The highest BCUT2D eigenvalue weighted by molar-refractivity contribution is 5.95. The molecular weight excluding hydrogens is 228 g/mol. The lowest BCUT2D eigenvalue weighted by Gasteiger charge is -2.07. The monoisotopic (exact) mass is 250 g/mol. The Morgan fingerprint density at radius 2 is 2.17 bits per heavy atom. The summed E-state index contributed by atoms with van der Waals surface area (Å²) < 4.78 is 5.33. The van der Waals surface area contributed by atoms with E-state index in [0.717, 1.165) is 25.0 Å². The minimum absolute atomic E-state index is 0.0859. The van der Waals surface area contributed by atoms with E-state index in [1.165, 1.54) is 0 Å². The van der Waals surface area contributed by atoms with Gasteiger partial charge in [0, 0.05) is 31.0 Å². The fourth-order valence-corrected chi connectivity index (χ4v) is 1.51. The van der Waals surface area contributed by atoms with Crippen LogP contribution in [0.25, 0.3) is 0 Å². The maximum absolute atomic E-state index is 11.8. The summed E-state index contributed by atoms with van der Waals surface area (Å²) in [6, 6.07) is 5.35. The predicted molar refractivity (Wildman–Crippen MR) is 73.7 cm³/mol. The van der Waals surface area contributed by atoms with Gasteiger partial charge in [-0.15, -0.1) is 0 Å². The minimum Gasteiger partial charge on any atom is -0.398 e. The van der Waals surface area contributed by atoms with Crippen molar-refractivity contribution in [1.82, 2.24) is 5.32 Å². The number of carbonyl (C=O) groups excluding carboxylic acids is 1. The summed E-state index contributed by atoms with van der Waals surface area (Å²) in [5.74, 6) is -0.0859. The molecule has 0 saturated carbocycles. The normalized spacial score (nSPS) is 10.3. The molecule has 0 saturated heterocycles. The van der Waals surface area contributed by atoms with E-state index < -0.39 is 0 Å². The van der Waals surface area contributed by atoms with Crippen LogP contribution in [0.2, 0.25) is 0 Å². The third-order valence-corrected chi connectivity index (χ3v) is 2.64. The van der Waals surface area contributed by atoms with Crippen LogP contribution >= 0.6 is 0 Å². The number of anilines is 1. The molecular formula is C14H22N2O2. The summed E-state index contributed by atoms with van der Waals surface area (Å²) in [7, 11) is 0. The van der Waals surface area contributed by atoms with Crippen LogP contribution in [0.15, 0.2) is 18.2 Å². The fourth-order valence-electron chi connectivity index (χ4n) is 1.51. The van der Waals surface area contributed by atoms with Crippen LogP contribution in [0.1, 0.15) is 35.7 Å². The van der Waals surface area contributed by atoms with Crippen LogP contribution in [-0.2, 0) is 4.74 Å². The number of amides is 1. The van der Waals surface area contributed by atoms with Crippen molar-refractivity contribution in [1.29, 1.82) is 0 Å². The number of aryl methyl sites for hydroxylation is 1. The van der Waals surface area contributed by atoms with E-state index in [9.17, 15) is 4.79 Å². The molecule has 3 N–H and O–H groups in total. The zero-order valence-electron chi connectivity index (χ0n) is 11.2. The van der Waals surface area contributed by atoms with Crippen LogP contribution in [-0.4, -0.2) is 25.7 Å². The second-order valence-electron chi connectivity index (χ2n) is 4.29. The molecule has 0 fully saturated rings. The molecule has 1 amide bonds. The van der Waals surface area contributed by atoms with Gasteiger partial charge in [0.1, 0.15) is 0 Å². The van der Waals surface area contributed by atoms with Gasteiger partial charge in [-0.2, -0.15) is 0 Å². The lowest BCUT2D eigenvalue weighted by molar-refractivity contribution is 0.0941. The van der Waals surface area contributed by atoms with Gasteiger partial charge in [-0.05, 0) is 37.5 Å². The lowest BCUT2D eigenvalue weighted by atomic mass is 10.1. The third kappa shape index (κ3) is 4.75. The van der Waals surface area contributed by atoms with E-state index in [4.69, 9.17) is 10.5 Å². The number of ether oxygens (including phenoxy) is 1. The first-order valence-corrected chi connectivity index (χ1v) is 6.37. The molecule has 0 aliphatic heterocycles. The van der Waals surface area contributed by atoms with Crippen molar-refractivity contribution >= 4 is 11.6 Å². The first-order valence-electron chi connectivity index (χ1n) is 6.37. The first kappa shape index (κ1) is 14.5. The van der Waals surface area contributed by atoms with Crippen LogP contribution in [0.3, 0.4) is 0 Å². The van der Waals surface area contributed by atoms with E-state index >= 15 is 0 Å². The van der Waals surface area contributed by atoms with Crippen LogP contribution in [0.4, 0.5) is 5.69 Å². The lowest BCUT2D eigenvalue weighted by Crippen LogP contribution is -2.25. The first-order chi connectivity index (χ1) is 8.65. The highest BCUT2D eigenvalue weighted by Crippen LogP contribution is 2.12. The molecule has 4 nitrogen and oxygen atoms in total. The second-order valence-corrected chi connectivity index (χ2v) is 4.29. The summed E-state index contributed by atoms with van der Waals surface area (Å²) in [6.07, 6.45) is 1.85. The van der Waals surface area contributed by atoms with Crippen molar-refractivity contribution in [2.45, 2.75) is 26.7 Å². The van der Waals surface area contributed by atoms with E-state index in [2.05, 4.69) is 12.2 Å². The number of nitrogens with two attached hydrogens (primary N) is 1. The van der Waals surface area contributed by atoms with E-state index in [-0.39, 0.29) is 5.91 Å². The molecule has 0 bridgehead atoms. The number of nitrogens with one attached hydrogen (secondary N) is 1. The number of hydrogen-bond acceptors (Lipinski definition) is 3. The Hall–Kier alpha value is -1.55. The molecule has 0 radical (unpaired) electrons. The molecule has 1 aromatic rings.